The quantitative estimate of drug-likeness (QED) is 0.692. The number of sulfonamides is 1. The Bertz CT molecular complexity index is 999. The Morgan fingerprint density at radius 2 is 1.85 bits per heavy atom. The van der Waals surface area contributed by atoms with E-state index in [-0.39, 0.29) is 4.90 Å². The van der Waals surface area contributed by atoms with Gasteiger partial charge in [0.05, 0.1) is 4.90 Å². The van der Waals surface area contributed by atoms with E-state index in [9.17, 15) is 12.8 Å². The van der Waals surface area contributed by atoms with Gasteiger partial charge < -0.3 is 0 Å². The van der Waals surface area contributed by atoms with Crippen LogP contribution in [0.4, 0.5) is 4.39 Å². The smallest absolute Gasteiger partial charge is 0.207 e. The summed E-state index contributed by atoms with van der Waals surface area (Å²) >= 11 is 0. The second-order valence-electron chi connectivity index (χ2n) is 7.45. The summed E-state index contributed by atoms with van der Waals surface area (Å²) < 4.78 is 43.4. The summed E-state index contributed by atoms with van der Waals surface area (Å²) in [6.45, 7) is 12.6. The second-order valence-corrected chi connectivity index (χ2v) is 9.07. The van der Waals surface area contributed by atoms with Crippen LogP contribution in [0, 0.1) is 12.7 Å². The van der Waals surface area contributed by atoms with Gasteiger partial charge in [0.2, 0.25) is 10.0 Å². The molecular weight excluding hydrogens is 361 g/mol. The Hall–Kier alpha value is -2.24. The molecule has 2 aromatic carbocycles. The molecule has 0 aliphatic rings. The Morgan fingerprint density at radius 1 is 1.19 bits per heavy atom. The van der Waals surface area contributed by atoms with Crippen LogP contribution in [0.2, 0.25) is 0 Å². The van der Waals surface area contributed by atoms with Crippen molar-refractivity contribution in [2.45, 2.75) is 45.1 Å². The van der Waals surface area contributed by atoms with Crippen LogP contribution < -0.4 is 4.72 Å². The van der Waals surface area contributed by atoms with Crippen LogP contribution in [0.15, 0.2) is 60.0 Å². The van der Waals surface area contributed by atoms with Gasteiger partial charge in [-0.3, -0.25) is 0 Å². The van der Waals surface area contributed by atoms with Crippen molar-refractivity contribution in [3.8, 4) is 11.1 Å². The molecule has 2 rings (SSSR count). The monoisotopic (exact) mass is 387 g/mol. The number of rotatable bonds is 5. The molecule has 0 heterocycles. The van der Waals surface area contributed by atoms with Crippen LogP contribution in [-0.4, -0.2) is 14.0 Å². The van der Waals surface area contributed by atoms with E-state index >= 15 is 0 Å². The number of nitrogens with one attached hydrogen (secondary N) is 1. The van der Waals surface area contributed by atoms with E-state index in [1.807, 2.05) is 6.92 Å². The summed E-state index contributed by atoms with van der Waals surface area (Å²) in [4.78, 5) is 0.169. The molecule has 0 amide bonds. The lowest BCUT2D eigenvalue weighted by molar-refractivity contribution is 0.491. The molecule has 0 aliphatic carbocycles. The molecule has 144 valence electrons. The average Bonchev–Trinajstić information content (AvgIpc) is 2.54. The lowest BCUT2D eigenvalue weighted by Crippen LogP contribution is -2.40. The zero-order chi connectivity index (χ0) is 20.4. The van der Waals surface area contributed by atoms with E-state index in [0.717, 1.165) is 0 Å². The van der Waals surface area contributed by atoms with Crippen molar-refractivity contribution in [3.05, 3.63) is 72.1 Å². The molecule has 2 aromatic rings. The average molecular weight is 388 g/mol. The molecule has 3 nitrogen and oxygen atoms in total. The third kappa shape index (κ3) is 4.73. The maximum Gasteiger partial charge on any atom is 0.241 e. The van der Waals surface area contributed by atoms with Gasteiger partial charge in [0.15, 0.2) is 0 Å². The first-order valence-electron chi connectivity index (χ1n) is 8.73. The minimum Gasteiger partial charge on any atom is -0.207 e. The van der Waals surface area contributed by atoms with Gasteiger partial charge in [-0.1, -0.05) is 49.1 Å². The molecule has 0 unspecified atom stereocenters. The predicted octanol–water partition coefficient (Wildman–Crippen LogP) is 5.47. The van der Waals surface area contributed by atoms with E-state index in [0.29, 0.717) is 27.8 Å². The standard InChI is InChI=1S/C22H26FNO2S/c1-7-16(8-2)18-13-12-17(14-20(18)23)19-11-9-10-15(3)21(19)27(25,26)24-22(4,5)6/h7-14,24H,1H2,2-6H3/b16-8+. The molecule has 0 saturated heterocycles. The van der Waals surface area contributed by atoms with E-state index in [1.165, 1.54) is 6.07 Å². The fraction of sp³-hybridized carbons (Fsp3) is 0.273. The summed E-state index contributed by atoms with van der Waals surface area (Å²) in [6.07, 6.45) is 3.37. The molecule has 0 spiro atoms. The van der Waals surface area contributed by atoms with Crippen molar-refractivity contribution < 1.29 is 12.8 Å². The van der Waals surface area contributed by atoms with Crippen molar-refractivity contribution in [1.29, 1.82) is 0 Å². The topological polar surface area (TPSA) is 46.2 Å². The van der Waals surface area contributed by atoms with E-state index < -0.39 is 21.4 Å². The Kier molecular flexibility index (Phi) is 6.07. The van der Waals surface area contributed by atoms with Gasteiger partial charge in [-0.2, -0.15) is 0 Å². The van der Waals surface area contributed by atoms with Gasteiger partial charge in [-0.15, -0.1) is 0 Å². The number of benzene rings is 2. The van der Waals surface area contributed by atoms with Crippen LogP contribution in [0.1, 0.15) is 38.8 Å². The first kappa shape index (κ1) is 21.1. The van der Waals surface area contributed by atoms with Crippen molar-refractivity contribution in [2.75, 3.05) is 0 Å². The molecule has 0 bridgehead atoms. The first-order chi connectivity index (χ1) is 12.5. The number of hydrogen-bond acceptors (Lipinski definition) is 2. The third-order valence-electron chi connectivity index (χ3n) is 4.04. The molecule has 1 N–H and O–H groups in total. The highest BCUT2D eigenvalue weighted by Gasteiger charge is 2.26. The minimum absolute atomic E-state index is 0.169. The Balaban J connectivity index is 2.67. The molecule has 0 atom stereocenters. The van der Waals surface area contributed by atoms with Gasteiger partial charge in [0.1, 0.15) is 5.82 Å². The third-order valence-corrected chi connectivity index (χ3v) is 6.00. The summed E-state index contributed by atoms with van der Waals surface area (Å²) in [7, 11) is -3.78. The van der Waals surface area contributed by atoms with Gasteiger partial charge in [0, 0.05) is 16.7 Å². The molecule has 5 heteroatoms. The molecule has 0 aliphatic heterocycles. The van der Waals surface area contributed by atoms with E-state index in [1.54, 1.807) is 70.2 Å². The summed E-state index contributed by atoms with van der Waals surface area (Å²) in [5, 5.41) is 0. The Morgan fingerprint density at radius 3 is 2.37 bits per heavy atom. The normalized spacial score (nSPS) is 12.9. The summed E-state index contributed by atoms with van der Waals surface area (Å²) in [5.74, 6) is -0.422. The van der Waals surface area contributed by atoms with Crippen LogP contribution in [0.5, 0.6) is 0 Å². The number of aryl methyl sites for hydroxylation is 1. The van der Waals surface area contributed by atoms with E-state index in [4.69, 9.17) is 0 Å². The largest absolute Gasteiger partial charge is 0.241 e. The minimum atomic E-state index is -3.78. The SMILES string of the molecule is C=C/C(=C\C)c1ccc(-c2cccc(C)c2S(=O)(=O)NC(C)(C)C)cc1F. The van der Waals surface area contributed by atoms with Gasteiger partial charge in [-0.25, -0.2) is 17.5 Å². The fourth-order valence-electron chi connectivity index (χ4n) is 2.99. The number of allylic oxidation sites excluding steroid dienone is 3. The van der Waals surface area contributed by atoms with Crippen LogP contribution in [-0.2, 0) is 10.0 Å². The zero-order valence-electron chi connectivity index (χ0n) is 16.4. The van der Waals surface area contributed by atoms with Crippen molar-refractivity contribution in [2.24, 2.45) is 0 Å². The maximum atomic E-state index is 14.7. The highest BCUT2D eigenvalue weighted by Crippen LogP contribution is 2.32. The van der Waals surface area contributed by atoms with Gasteiger partial charge in [-0.05, 0) is 57.4 Å². The van der Waals surface area contributed by atoms with Crippen molar-refractivity contribution in [3.63, 3.8) is 0 Å². The summed E-state index contributed by atoms with van der Waals surface area (Å²) in [6, 6.07) is 9.96. The maximum absolute atomic E-state index is 14.7. The first-order valence-corrected chi connectivity index (χ1v) is 10.2. The Labute approximate surface area is 161 Å². The summed E-state index contributed by atoms with van der Waals surface area (Å²) in [5.41, 5.74) is 2.07. The van der Waals surface area contributed by atoms with Crippen molar-refractivity contribution >= 4 is 15.6 Å². The fourth-order valence-corrected chi connectivity index (χ4v) is 4.87. The molecule has 0 aromatic heterocycles. The molecule has 0 saturated carbocycles. The lowest BCUT2D eigenvalue weighted by atomic mass is 9.98. The second kappa shape index (κ2) is 7.79. The molecule has 0 fully saturated rings. The van der Waals surface area contributed by atoms with Crippen LogP contribution in [0.3, 0.4) is 0 Å². The number of halogens is 1. The predicted molar refractivity (Wildman–Crippen MR) is 110 cm³/mol. The van der Waals surface area contributed by atoms with Crippen molar-refractivity contribution in [1.82, 2.24) is 4.72 Å². The zero-order valence-corrected chi connectivity index (χ0v) is 17.2. The van der Waals surface area contributed by atoms with E-state index in [2.05, 4.69) is 11.3 Å². The highest BCUT2D eigenvalue weighted by atomic mass is 32.2. The lowest BCUT2D eigenvalue weighted by Gasteiger charge is -2.23. The van der Waals surface area contributed by atoms with Gasteiger partial charge >= 0.3 is 0 Å². The molecule has 27 heavy (non-hydrogen) atoms. The molecular formula is C22H26FNO2S. The van der Waals surface area contributed by atoms with Gasteiger partial charge in [0.25, 0.3) is 0 Å². The van der Waals surface area contributed by atoms with Crippen LogP contribution >= 0.6 is 0 Å². The highest BCUT2D eigenvalue weighted by molar-refractivity contribution is 7.89. The van der Waals surface area contributed by atoms with Crippen LogP contribution in [0.25, 0.3) is 16.7 Å². The number of hydrogen-bond donors (Lipinski definition) is 1. The molecule has 0 radical (unpaired) electrons.